The molecule has 0 aliphatic heterocycles. The number of amides is 1. The summed E-state index contributed by atoms with van der Waals surface area (Å²) < 4.78 is 0. The highest BCUT2D eigenvalue weighted by Crippen LogP contribution is 2.30. The van der Waals surface area contributed by atoms with Gasteiger partial charge < -0.3 is 0 Å². The number of carbonyl (C=O) groups is 1. The standard InChI is InChI=1S/C10H19NO2S2/c1-3-6-9(15-14-2)7-4-5-8-10(12)11-13/h9H,3-8H2,1-2H3. The fourth-order valence-corrected chi connectivity index (χ4v) is 3.65. The summed E-state index contributed by atoms with van der Waals surface area (Å²) in [6.45, 7) is 2.19. The molecule has 1 unspecified atom stereocenters. The van der Waals surface area contributed by atoms with Crippen LogP contribution in [0.2, 0.25) is 0 Å². The van der Waals surface area contributed by atoms with E-state index in [1.165, 1.54) is 12.8 Å². The molecule has 0 saturated carbocycles. The van der Waals surface area contributed by atoms with Crippen molar-refractivity contribution in [1.29, 1.82) is 0 Å². The number of nitroso groups, excluding NO2 is 1. The average Bonchev–Trinajstić information content (AvgIpc) is 2.24. The Bertz CT molecular complexity index is 182. The van der Waals surface area contributed by atoms with Crippen molar-refractivity contribution >= 4 is 27.5 Å². The SMILES string of the molecule is CCCC(CCCCC(=O)N=O)SSC. The minimum Gasteiger partial charge on any atom is -0.269 e. The summed E-state index contributed by atoms with van der Waals surface area (Å²) in [7, 11) is 3.71. The van der Waals surface area contributed by atoms with E-state index in [0.29, 0.717) is 11.7 Å². The largest absolute Gasteiger partial charge is 0.286 e. The second-order valence-electron chi connectivity index (χ2n) is 3.40. The monoisotopic (exact) mass is 249 g/mol. The quantitative estimate of drug-likeness (QED) is 0.352. The molecule has 0 bridgehead atoms. The molecule has 88 valence electrons. The Labute approximate surface area is 99.5 Å². The smallest absolute Gasteiger partial charge is 0.269 e. The third-order valence-electron chi connectivity index (χ3n) is 2.11. The second-order valence-corrected chi connectivity index (χ2v) is 6.17. The first-order chi connectivity index (χ1) is 7.24. The number of unbranched alkanes of at least 4 members (excludes halogenated alkanes) is 1. The molecule has 0 aliphatic rings. The van der Waals surface area contributed by atoms with Crippen molar-refractivity contribution in [2.75, 3.05) is 6.26 Å². The van der Waals surface area contributed by atoms with Crippen LogP contribution < -0.4 is 0 Å². The highest BCUT2D eigenvalue weighted by molar-refractivity contribution is 8.76. The van der Waals surface area contributed by atoms with Crippen LogP contribution in [0, 0.1) is 4.91 Å². The molecule has 15 heavy (non-hydrogen) atoms. The molecule has 1 amide bonds. The predicted molar refractivity (Wildman–Crippen MR) is 69.1 cm³/mol. The van der Waals surface area contributed by atoms with Gasteiger partial charge in [-0.1, -0.05) is 41.4 Å². The Morgan fingerprint density at radius 3 is 2.60 bits per heavy atom. The lowest BCUT2D eigenvalue weighted by Crippen LogP contribution is -2.01. The zero-order valence-corrected chi connectivity index (χ0v) is 11.0. The van der Waals surface area contributed by atoms with Crippen molar-refractivity contribution in [1.82, 2.24) is 0 Å². The summed E-state index contributed by atoms with van der Waals surface area (Å²) in [5, 5.41) is 3.06. The highest BCUT2D eigenvalue weighted by Gasteiger charge is 2.08. The van der Waals surface area contributed by atoms with Gasteiger partial charge in [0.05, 0.1) is 0 Å². The van der Waals surface area contributed by atoms with E-state index >= 15 is 0 Å². The average molecular weight is 249 g/mol. The van der Waals surface area contributed by atoms with Crippen molar-refractivity contribution in [2.24, 2.45) is 5.18 Å². The summed E-state index contributed by atoms with van der Waals surface area (Å²) >= 11 is 0. The van der Waals surface area contributed by atoms with Crippen LogP contribution in [0.4, 0.5) is 0 Å². The molecule has 0 fully saturated rings. The first-order valence-corrected chi connectivity index (χ1v) is 7.92. The van der Waals surface area contributed by atoms with E-state index in [0.717, 1.165) is 19.3 Å². The van der Waals surface area contributed by atoms with Crippen LogP contribution in [-0.4, -0.2) is 17.4 Å². The molecule has 0 N–H and O–H groups in total. The molecule has 0 spiro atoms. The van der Waals surface area contributed by atoms with E-state index < -0.39 is 5.91 Å². The van der Waals surface area contributed by atoms with Crippen LogP contribution in [0.25, 0.3) is 0 Å². The minimum atomic E-state index is -0.514. The summed E-state index contributed by atoms with van der Waals surface area (Å²) in [6.07, 6.45) is 7.77. The third-order valence-corrected chi connectivity index (χ3v) is 4.44. The Morgan fingerprint density at radius 2 is 2.07 bits per heavy atom. The zero-order valence-electron chi connectivity index (χ0n) is 9.40. The fourth-order valence-electron chi connectivity index (χ4n) is 1.39. The molecule has 0 aliphatic carbocycles. The number of hydrogen-bond donors (Lipinski definition) is 0. The second kappa shape index (κ2) is 10.5. The first-order valence-electron chi connectivity index (χ1n) is 5.30. The summed E-state index contributed by atoms with van der Waals surface area (Å²) in [6, 6.07) is 0. The molecule has 0 heterocycles. The molecule has 0 radical (unpaired) electrons. The van der Waals surface area contributed by atoms with E-state index in [1.54, 1.807) is 10.8 Å². The van der Waals surface area contributed by atoms with Gasteiger partial charge in [0.15, 0.2) is 0 Å². The van der Waals surface area contributed by atoms with Crippen LogP contribution >= 0.6 is 21.6 Å². The van der Waals surface area contributed by atoms with E-state index in [4.69, 9.17) is 0 Å². The van der Waals surface area contributed by atoms with Gasteiger partial charge in [-0.3, -0.25) is 4.79 Å². The number of hydrogen-bond acceptors (Lipinski definition) is 4. The zero-order chi connectivity index (χ0) is 11.5. The van der Waals surface area contributed by atoms with E-state index in [9.17, 15) is 9.70 Å². The van der Waals surface area contributed by atoms with Gasteiger partial charge in [0.1, 0.15) is 0 Å². The molecular formula is C10H19NO2S2. The molecule has 0 rings (SSSR count). The normalized spacial score (nSPS) is 12.4. The van der Waals surface area contributed by atoms with Gasteiger partial charge in [0.2, 0.25) is 0 Å². The Morgan fingerprint density at radius 1 is 1.33 bits per heavy atom. The van der Waals surface area contributed by atoms with E-state index in [-0.39, 0.29) is 0 Å². The van der Waals surface area contributed by atoms with E-state index in [1.807, 2.05) is 10.8 Å². The molecule has 0 aromatic rings. The molecule has 1 atom stereocenters. The van der Waals surface area contributed by atoms with Crippen molar-refractivity contribution in [3.05, 3.63) is 4.91 Å². The van der Waals surface area contributed by atoms with Crippen molar-refractivity contribution in [3.8, 4) is 0 Å². The van der Waals surface area contributed by atoms with Crippen molar-refractivity contribution < 1.29 is 4.79 Å². The lowest BCUT2D eigenvalue weighted by molar-refractivity contribution is -0.118. The van der Waals surface area contributed by atoms with Crippen molar-refractivity contribution in [2.45, 2.75) is 50.7 Å². The maximum atomic E-state index is 10.6. The molecule has 3 nitrogen and oxygen atoms in total. The Hall–Kier alpha value is -0.0300. The lowest BCUT2D eigenvalue weighted by atomic mass is 10.1. The molecule has 5 heteroatoms. The van der Waals surface area contributed by atoms with Crippen molar-refractivity contribution in [3.63, 3.8) is 0 Å². The maximum absolute atomic E-state index is 10.6. The fraction of sp³-hybridized carbons (Fsp3) is 0.900. The van der Waals surface area contributed by atoms with Gasteiger partial charge in [-0.15, -0.1) is 4.91 Å². The van der Waals surface area contributed by atoms with Crippen LogP contribution in [0.5, 0.6) is 0 Å². The van der Waals surface area contributed by atoms with Gasteiger partial charge in [0, 0.05) is 16.8 Å². The van der Waals surface area contributed by atoms with Gasteiger partial charge in [-0.2, -0.15) is 0 Å². The van der Waals surface area contributed by atoms with Gasteiger partial charge in [0.25, 0.3) is 5.91 Å². The van der Waals surface area contributed by atoms with Crippen LogP contribution in [-0.2, 0) is 4.79 Å². The molecule has 0 aromatic heterocycles. The van der Waals surface area contributed by atoms with Crippen LogP contribution in [0.3, 0.4) is 0 Å². The van der Waals surface area contributed by atoms with Crippen LogP contribution in [0.15, 0.2) is 5.18 Å². The summed E-state index contributed by atoms with van der Waals surface area (Å²) in [5.74, 6) is -0.514. The molecule has 0 saturated heterocycles. The highest BCUT2D eigenvalue weighted by atomic mass is 33.1. The molecule has 0 aromatic carbocycles. The number of nitrogens with zero attached hydrogens (tertiary/aromatic N) is 1. The van der Waals surface area contributed by atoms with E-state index in [2.05, 4.69) is 18.4 Å². The minimum absolute atomic E-state index is 0.312. The summed E-state index contributed by atoms with van der Waals surface area (Å²) in [5.41, 5.74) is 0. The number of rotatable bonds is 9. The predicted octanol–water partition coefficient (Wildman–Crippen LogP) is 4.02. The van der Waals surface area contributed by atoms with Gasteiger partial charge >= 0.3 is 0 Å². The Balaban J connectivity index is 3.52. The number of carbonyl (C=O) groups excluding carboxylic acids is 1. The Kier molecular flexibility index (Phi) is 10.5. The first kappa shape index (κ1) is 15.0. The van der Waals surface area contributed by atoms with Crippen LogP contribution in [0.1, 0.15) is 45.4 Å². The lowest BCUT2D eigenvalue weighted by Gasteiger charge is -2.13. The molecular weight excluding hydrogens is 230 g/mol. The van der Waals surface area contributed by atoms with Gasteiger partial charge in [-0.05, 0) is 25.5 Å². The summed E-state index contributed by atoms with van der Waals surface area (Å²) in [4.78, 5) is 20.5. The topological polar surface area (TPSA) is 46.5 Å². The maximum Gasteiger partial charge on any atom is 0.286 e. The third kappa shape index (κ3) is 8.93. The van der Waals surface area contributed by atoms with Gasteiger partial charge in [-0.25, -0.2) is 0 Å².